The first-order valence-electron chi connectivity index (χ1n) is 18.8. The Hall–Kier alpha value is -5.85. The summed E-state index contributed by atoms with van der Waals surface area (Å²) in [5, 5.41) is 3.63. The third kappa shape index (κ3) is 7.93. The minimum absolute atomic E-state index is 0.165. The summed E-state index contributed by atoms with van der Waals surface area (Å²) in [4.78, 5) is 43.8. The monoisotopic (exact) mass is 763 g/mol. The van der Waals surface area contributed by atoms with Crippen molar-refractivity contribution in [2.45, 2.75) is 91.5 Å². The minimum atomic E-state index is -0.807. The number of imidazole rings is 1. The van der Waals surface area contributed by atoms with Gasteiger partial charge in [-0.05, 0) is 110 Å². The molecule has 1 unspecified atom stereocenters. The van der Waals surface area contributed by atoms with Crippen LogP contribution in [0.4, 0.5) is 24.1 Å². The van der Waals surface area contributed by atoms with Crippen LogP contribution in [0.15, 0.2) is 73.2 Å². The molecule has 4 aromatic heterocycles. The second-order valence-corrected chi connectivity index (χ2v) is 16.4. The fourth-order valence-electron chi connectivity index (χ4n) is 7.20. The smallest absolute Gasteiger partial charge is 0.420 e. The Morgan fingerprint density at radius 1 is 0.875 bits per heavy atom. The van der Waals surface area contributed by atoms with Crippen molar-refractivity contribution >= 4 is 39.9 Å². The number of halogens is 2. The van der Waals surface area contributed by atoms with Gasteiger partial charge in [0.15, 0.2) is 5.82 Å². The fraction of sp³-hybridized carbons (Fsp3) is 0.372. The highest BCUT2D eigenvalue weighted by molar-refractivity contribution is 6.09. The molecule has 0 bridgehead atoms. The van der Waals surface area contributed by atoms with Crippen LogP contribution in [0, 0.1) is 18.6 Å². The summed E-state index contributed by atoms with van der Waals surface area (Å²) in [5.41, 5.74) is 4.06. The van der Waals surface area contributed by atoms with Gasteiger partial charge in [0.2, 0.25) is 0 Å². The van der Waals surface area contributed by atoms with Gasteiger partial charge < -0.3 is 24.3 Å². The van der Waals surface area contributed by atoms with Crippen LogP contribution >= 0.6 is 0 Å². The van der Waals surface area contributed by atoms with Gasteiger partial charge in [-0.25, -0.2) is 32.9 Å². The molecular weight excluding hydrogens is 717 g/mol. The summed E-state index contributed by atoms with van der Waals surface area (Å²) < 4.78 is 44.9. The van der Waals surface area contributed by atoms with Gasteiger partial charge in [-0.3, -0.25) is 4.98 Å². The highest BCUT2D eigenvalue weighted by atomic mass is 19.1. The number of piperidine rings is 1. The molecule has 13 heteroatoms. The van der Waals surface area contributed by atoms with Gasteiger partial charge in [0.1, 0.15) is 28.5 Å². The van der Waals surface area contributed by atoms with Gasteiger partial charge in [0, 0.05) is 54.9 Å². The number of nitrogens with zero attached hydrogens (tertiary/aromatic N) is 6. The molecule has 56 heavy (non-hydrogen) atoms. The quantitative estimate of drug-likeness (QED) is 0.178. The van der Waals surface area contributed by atoms with Crippen molar-refractivity contribution in [3.05, 3.63) is 96.1 Å². The third-order valence-electron chi connectivity index (χ3n) is 9.68. The Morgan fingerprint density at radius 3 is 2.20 bits per heavy atom. The van der Waals surface area contributed by atoms with Gasteiger partial charge >= 0.3 is 12.2 Å². The summed E-state index contributed by atoms with van der Waals surface area (Å²) >= 11 is 0. The van der Waals surface area contributed by atoms with E-state index < -0.39 is 35.0 Å². The molecule has 1 saturated heterocycles. The lowest BCUT2D eigenvalue weighted by molar-refractivity contribution is 0.0494. The highest BCUT2D eigenvalue weighted by Crippen LogP contribution is 2.45. The first kappa shape index (κ1) is 38.4. The molecule has 1 amide bonds. The fourth-order valence-corrected chi connectivity index (χ4v) is 7.20. The van der Waals surface area contributed by atoms with E-state index in [2.05, 4.69) is 10.2 Å². The number of para-hydroxylation sites is 2. The van der Waals surface area contributed by atoms with Crippen LogP contribution in [0.3, 0.4) is 0 Å². The zero-order valence-corrected chi connectivity index (χ0v) is 33.0. The van der Waals surface area contributed by atoms with Gasteiger partial charge in [-0.15, -0.1) is 0 Å². The molecular formula is C43H47F2N7O4. The molecule has 1 N–H and O–H groups in total. The average molecular weight is 764 g/mol. The van der Waals surface area contributed by atoms with Gasteiger partial charge in [0.05, 0.1) is 33.8 Å². The molecule has 5 heterocycles. The van der Waals surface area contributed by atoms with E-state index in [1.165, 1.54) is 16.7 Å². The average Bonchev–Trinajstić information content (AvgIpc) is 3.69. The second kappa shape index (κ2) is 14.7. The predicted octanol–water partition coefficient (Wildman–Crippen LogP) is 9.59. The maximum Gasteiger partial charge on any atom is 0.420 e. The molecule has 1 aliphatic rings. The number of pyridine rings is 2. The number of alkyl carbamates (subject to hydrolysis) is 1. The minimum Gasteiger partial charge on any atom is -0.444 e. The first-order chi connectivity index (χ1) is 26.5. The summed E-state index contributed by atoms with van der Waals surface area (Å²) in [6.07, 6.45) is 5.41. The molecule has 0 aliphatic carbocycles. The van der Waals surface area contributed by atoms with E-state index in [0.717, 1.165) is 17.3 Å². The standard InChI is InChI=1S/C43H47F2N7O4/c1-25-13-14-33(46-22-25)26(2)51-24-32(38-49-34-11-9-10-12-35(34)52(38)41(54)56-43(6,7)8)36-37(31(23-47-39(36)51)27-19-28(44)21-29(45)20-27)50-17-15-30(16-18-50)48-40(53)55-42(3,4)5/h9-14,19-24,26,30H,15-18H2,1-8H3,(H,48,53). The molecule has 1 aliphatic heterocycles. The van der Waals surface area contributed by atoms with Crippen LogP contribution in [-0.4, -0.2) is 66.6 Å². The summed E-state index contributed by atoms with van der Waals surface area (Å²) in [5.74, 6) is -1.13. The predicted molar refractivity (Wildman–Crippen MR) is 213 cm³/mol. The van der Waals surface area contributed by atoms with E-state index in [0.29, 0.717) is 76.2 Å². The Kier molecular flexibility index (Phi) is 10.1. The highest BCUT2D eigenvalue weighted by Gasteiger charge is 2.32. The molecule has 7 rings (SSSR count). The first-order valence-corrected chi connectivity index (χ1v) is 18.8. The number of aryl methyl sites for hydroxylation is 1. The number of aromatic nitrogens is 5. The number of carbonyl (C=O) groups is 2. The lowest BCUT2D eigenvalue weighted by Gasteiger charge is -2.36. The zero-order valence-electron chi connectivity index (χ0n) is 33.0. The van der Waals surface area contributed by atoms with Crippen molar-refractivity contribution in [2.24, 2.45) is 0 Å². The third-order valence-corrected chi connectivity index (χ3v) is 9.68. The molecule has 0 radical (unpaired) electrons. The van der Waals surface area contributed by atoms with Gasteiger partial charge in [-0.2, -0.15) is 0 Å². The lowest BCUT2D eigenvalue weighted by Crippen LogP contribution is -2.46. The van der Waals surface area contributed by atoms with Crippen LogP contribution < -0.4 is 10.2 Å². The van der Waals surface area contributed by atoms with Crippen LogP contribution in [0.5, 0.6) is 0 Å². The number of benzene rings is 2. The zero-order chi connectivity index (χ0) is 40.1. The number of nitrogens with one attached hydrogen (secondary N) is 1. The summed E-state index contributed by atoms with van der Waals surface area (Å²) in [6, 6.07) is 14.2. The molecule has 0 saturated carbocycles. The van der Waals surface area contributed by atoms with Crippen molar-refractivity contribution in [3.8, 4) is 22.5 Å². The van der Waals surface area contributed by atoms with Crippen LogP contribution in [-0.2, 0) is 9.47 Å². The number of amides is 1. The van der Waals surface area contributed by atoms with Crippen molar-refractivity contribution < 1.29 is 27.8 Å². The van der Waals surface area contributed by atoms with Crippen LogP contribution in [0.2, 0.25) is 0 Å². The second-order valence-electron chi connectivity index (χ2n) is 16.4. The van der Waals surface area contributed by atoms with E-state index in [9.17, 15) is 18.4 Å². The van der Waals surface area contributed by atoms with E-state index in [1.54, 1.807) is 27.0 Å². The normalized spacial score (nSPS) is 14.6. The van der Waals surface area contributed by atoms with Crippen molar-refractivity contribution in [1.29, 1.82) is 0 Å². The van der Waals surface area contributed by atoms with Crippen molar-refractivity contribution in [1.82, 2.24) is 29.4 Å². The van der Waals surface area contributed by atoms with Crippen LogP contribution in [0.25, 0.3) is 44.6 Å². The van der Waals surface area contributed by atoms with E-state index in [-0.39, 0.29) is 12.1 Å². The Morgan fingerprint density at radius 2 is 1.55 bits per heavy atom. The van der Waals surface area contributed by atoms with E-state index in [4.69, 9.17) is 24.4 Å². The lowest BCUT2D eigenvalue weighted by atomic mass is 9.98. The molecule has 292 valence electrons. The number of rotatable bonds is 6. The number of carbonyl (C=O) groups excluding carboxylic acids is 2. The van der Waals surface area contributed by atoms with E-state index in [1.807, 2.05) is 88.0 Å². The molecule has 0 spiro atoms. The van der Waals surface area contributed by atoms with Crippen LogP contribution in [0.1, 0.15) is 78.6 Å². The molecule has 1 fully saturated rings. The molecule has 11 nitrogen and oxygen atoms in total. The number of ether oxygens (including phenoxy) is 2. The largest absolute Gasteiger partial charge is 0.444 e. The van der Waals surface area contributed by atoms with E-state index >= 15 is 0 Å². The molecule has 6 aromatic rings. The topological polar surface area (TPSA) is 116 Å². The Labute approximate surface area is 324 Å². The Bertz CT molecular complexity index is 2420. The van der Waals surface area contributed by atoms with Gasteiger partial charge in [0.25, 0.3) is 0 Å². The maximum absolute atomic E-state index is 15.0. The summed E-state index contributed by atoms with van der Waals surface area (Å²) in [6.45, 7) is 15.8. The number of hydrogen-bond acceptors (Lipinski definition) is 8. The van der Waals surface area contributed by atoms with Crippen molar-refractivity contribution in [2.75, 3.05) is 18.0 Å². The number of hydrogen-bond donors (Lipinski definition) is 1. The molecule has 1 atom stereocenters. The van der Waals surface area contributed by atoms with Crippen molar-refractivity contribution in [3.63, 3.8) is 0 Å². The SMILES string of the molecule is Cc1ccc(C(C)n2cc(-c3nc4ccccc4n3C(=O)OC(C)(C)C)c3c(N4CCC(NC(=O)OC(C)(C)C)CC4)c(-c4cc(F)cc(F)c4)cnc32)nc1. The summed E-state index contributed by atoms with van der Waals surface area (Å²) in [7, 11) is 0. The molecule has 2 aromatic carbocycles. The Balaban J connectivity index is 1.48. The van der Waals surface area contributed by atoms with Gasteiger partial charge in [-0.1, -0.05) is 18.2 Å². The maximum atomic E-state index is 15.0. The number of anilines is 1. The number of fused-ring (bicyclic) bond motifs is 2.